The molecule has 0 aliphatic carbocycles. The van der Waals surface area contributed by atoms with Crippen LogP contribution in [0.5, 0.6) is 0 Å². The van der Waals surface area contributed by atoms with Gasteiger partial charge in [-0.15, -0.1) is 0 Å². The molecule has 0 atom stereocenters. The van der Waals surface area contributed by atoms with Crippen LogP contribution in [0.4, 0.5) is 0 Å². The Balaban J connectivity index is 2.17. The van der Waals surface area contributed by atoms with E-state index >= 15 is 0 Å². The van der Waals surface area contributed by atoms with Gasteiger partial charge in [0.05, 0.1) is 11.1 Å². The average Bonchev–Trinajstić information content (AvgIpc) is 2.91. The van der Waals surface area contributed by atoms with Crippen molar-refractivity contribution in [2.24, 2.45) is 5.73 Å². The summed E-state index contributed by atoms with van der Waals surface area (Å²) in [6, 6.07) is 7.97. The minimum Gasteiger partial charge on any atom is -0.364 e. The van der Waals surface area contributed by atoms with Crippen molar-refractivity contribution in [2.75, 3.05) is 0 Å². The molecule has 2 N–H and O–H groups in total. The Hall–Kier alpha value is -2.74. The zero-order valence-corrected chi connectivity index (χ0v) is 12.4. The van der Waals surface area contributed by atoms with Crippen LogP contribution in [-0.4, -0.2) is 28.3 Å². The molecule has 22 heavy (non-hydrogen) atoms. The molecule has 0 aliphatic heterocycles. The molecule has 0 spiro atoms. The van der Waals surface area contributed by atoms with E-state index in [0.717, 1.165) is 15.7 Å². The first kappa shape index (κ1) is 14.2. The Bertz CT molecular complexity index is 975. The van der Waals surface area contributed by atoms with Crippen LogP contribution in [0.15, 0.2) is 47.6 Å². The minimum atomic E-state index is -3.77. The first-order valence-electron chi connectivity index (χ1n) is 6.36. The molecule has 3 rings (SSSR count). The Morgan fingerprint density at radius 2 is 1.86 bits per heavy atom. The van der Waals surface area contributed by atoms with Crippen LogP contribution in [0.1, 0.15) is 16.1 Å². The van der Waals surface area contributed by atoms with E-state index in [1.165, 1.54) is 24.4 Å². The van der Waals surface area contributed by atoms with E-state index in [1.54, 1.807) is 12.1 Å². The smallest absolute Gasteiger partial charge is 0.269 e. The third-order valence-corrected chi connectivity index (χ3v) is 4.87. The van der Waals surface area contributed by atoms with Gasteiger partial charge in [0.2, 0.25) is 0 Å². The standard InChI is InChI=1S/C14H12N4O3S/c1-9-2-4-10(5-3-9)22(20,21)18-7-6-11-14(18)16-8-12(17-11)13(15)19/h2-8H,1H3,(H2,15,19). The fourth-order valence-corrected chi connectivity index (χ4v) is 3.32. The highest BCUT2D eigenvalue weighted by Crippen LogP contribution is 2.20. The highest BCUT2D eigenvalue weighted by molar-refractivity contribution is 7.90. The fourth-order valence-electron chi connectivity index (χ4n) is 2.02. The van der Waals surface area contributed by atoms with Crippen molar-refractivity contribution in [3.8, 4) is 0 Å². The number of hydrogen-bond donors (Lipinski definition) is 1. The SMILES string of the molecule is Cc1ccc(S(=O)(=O)n2ccc3nc(C(N)=O)cnc32)cc1. The van der Waals surface area contributed by atoms with E-state index in [0.29, 0.717) is 0 Å². The molecule has 3 aromatic rings. The molecule has 8 heteroatoms. The second-order valence-corrected chi connectivity index (χ2v) is 6.57. The Morgan fingerprint density at radius 1 is 1.18 bits per heavy atom. The largest absolute Gasteiger partial charge is 0.364 e. The average molecular weight is 316 g/mol. The molecule has 0 radical (unpaired) electrons. The maximum Gasteiger partial charge on any atom is 0.269 e. The zero-order chi connectivity index (χ0) is 15.9. The Kier molecular flexibility index (Phi) is 3.18. The van der Waals surface area contributed by atoms with E-state index in [-0.39, 0.29) is 21.8 Å². The summed E-state index contributed by atoms with van der Waals surface area (Å²) in [5.41, 5.74) is 6.51. The van der Waals surface area contributed by atoms with Crippen molar-refractivity contribution in [1.82, 2.24) is 13.9 Å². The van der Waals surface area contributed by atoms with Crippen molar-refractivity contribution < 1.29 is 13.2 Å². The van der Waals surface area contributed by atoms with Gasteiger partial charge in [0.1, 0.15) is 11.2 Å². The number of nitrogens with zero attached hydrogens (tertiary/aromatic N) is 3. The first-order valence-corrected chi connectivity index (χ1v) is 7.80. The number of carbonyl (C=O) groups is 1. The molecule has 0 bridgehead atoms. The first-order chi connectivity index (χ1) is 10.4. The van der Waals surface area contributed by atoms with Crippen LogP contribution in [0.2, 0.25) is 0 Å². The molecule has 1 amide bonds. The van der Waals surface area contributed by atoms with Crippen LogP contribution in [0.25, 0.3) is 11.2 Å². The lowest BCUT2D eigenvalue weighted by Gasteiger charge is -2.07. The zero-order valence-electron chi connectivity index (χ0n) is 11.6. The van der Waals surface area contributed by atoms with E-state index < -0.39 is 15.9 Å². The predicted molar refractivity (Wildman–Crippen MR) is 79.8 cm³/mol. The number of nitrogens with two attached hydrogens (primary N) is 1. The lowest BCUT2D eigenvalue weighted by Crippen LogP contribution is -2.15. The van der Waals surface area contributed by atoms with Crippen LogP contribution >= 0.6 is 0 Å². The molecular weight excluding hydrogens is 304 g/mol. The molecule has 0 unspecified atom stereocenters. The van der Waals surface area contributed by atoms with Gasteiger partial charge in [-0.1, -0.05) is 17.7 Å². The summed E-state index contributed by atoms with van der Waals surface area (Å²) < 4.78 is 26.3. The molecule has 0 aliphatic rings. The van der Waals surface area contributed by atoms with Crippen LogP contribution < -0.4 is 5.73 Å². The van der Waals surface area contributed by atoms with Crippen molar-refractivity contribution in [3.05, 3.63) is 54.0 Å². The van der Waals surface area contributed by atoms with Crippen LogP contribution in [0.3, 0.4) is 0 Å². The number of benzene rings is 1. The summed E-state index contributed by atoms with van der Waals surface area (Å²) in [5, 5.41) is 0. The van der Waals surface area contributed by atoms with Gasteiger partial charge in [0, 0.05) is 6.20 Å². The van der Waals surface area contributed by atoms with E-state index in [4.69, 9.17) is 5.73 Å². The van der Waals surface area contributed by atoms with Crippen molar-refractivity contribution in [2.45, 2.75) is 11.8 Å². The second-order valence-electron chi connectivity index (χ2n) is 4.76. The summed E-state index contributed by atoms with van der Waals surface area (Å²) in [7, 11) is -3.77. The normalized spacial score (nSPS) is 11.7. The fraction of sp³-hybridized carbons (Fsp3) is 0.0714. The number of aromatic nitrogens is 3. The van der Waals surface area contributed by atoms with E-state index in [2.05, 4.69) is 9.97 Å². The van der Waals surface area contributed by atoms with Gasteiger partial charge in [0.25, 0.3) is 15.9 Å². The summed E-state index contributed by atoms with van der Waals surface area (Å²) in [6.45, 7) is 1.87. The highest BCUT2D eigenvalue weighted by Gasteiger charge is 2.20. The van der Waals surface area contributed by atoms with E-state index in [9.17, 15) is 13.2 Å². The molecule has 7 nitrogen and oxygen atoms in total. The highest BCUT2D eigenvalue weighted by atomic mass is 32.2. The third-order valence-electron chi connectivity index (χ3n) is 3.19. The van der Waals surface area contributed by atoms with Crippen molar-refractivity contribution >= 4 is 27.1 Å². The molecular formula is C14H12N4O3S. The lowest BCUT2D eigenvalue weighted by atomic mass is 10.2. The molecule has 1 aromatic carbocycles. The van der Waals surface area contributed by atoms with Crippen LogP contribution in [0, 0.1) is 6.92 Å². The molecule has 0 saturated carbocycles. The number of amides is 1. The summed E-state index contributed by atoms with van der Waals surface area (Å²) in [5.74, 6) is -0.719. The Morgan fingerprint density at radius 3 is 2.50 bits per heavy atom. The number of carbonyl (C=O) groups excluding carboxylic acids is 1. The topological polar surface area (TPSA) is 108 Å². The van der Waals surface area contributed by atoms with Gasteiger partial charge < -0.3 is 5.73 Å². The molecule has 2 aromatic heterocycles. The number of primary amides is 1. The minimum absolute atomic E-state index is 0.0158. The number of fused-ring (bicyclic) bond motifs is 1. The van der Waals surface area contributed by atoms with Gasteiger partial charge in [-0.05, 0) is 25.1 Å². The second kappa shape index (κ2) is 4.92. The summed E-state index contributed by atoms with van der Waals surface area (Å²) in [4.78, 5) is 19.2. The number of rotatable bonds is 3. The van der Waals surface area contributed by atoms with Gasteiger partial charge >= 0.3 is 0 Å². The van der Waals surface area contributed by atoms with Gasteiger partial charge in [-0.2, -0.15) is 0 Å². The maximum absolute atomic E-state index is 12.6. The van der Waals surface area contributed by atoms with E-state index in [1.807, 2.05) is 6.92 Å². The maximum atomic E-state index is 12.6. The van der Waals surface area contributed by atoms with Crippen molar-refractivity contribution in [3.63, 3.8) is 0 Å². The molecule has 0 fully saturated rings. The van der Waals surface area contributed by atoms with Crippen molar-refractivity contribution in [1.29, 1.82) is 0 Å². The summed E-state index contributed by atoms with van der Waals surface area (Å²) >= 11 is 0. The molecule has 0 saturated heterocycles. The Labute approximate surface area is 126 Å². The third kappa shape index (κ3) is 2.23. The number of aryl methyl sites for hydroxylation is 1. The molecule has 2 heterocycles. The predicted octanol–water partition coefficient (Wildman–Crippen LogP) is 1.08. The monoisotopic (exact) mass is 316 g/mol. The van der Waals surface area contributed by atoms with Gasteiger partial charge in [0.15, 0.2) is 5.65 Å². The van der Waals surface area contributed by atoms with Gasteiger partial charge in [-0.3, -0.25) is 4.79 Å². The van der Waals surface area contributed by atoms with Crippen LogP contribution in [-0.2, 0) is 10.0 Å². The lowest BCUT2D eigenvalue weighted by molar-refractivity contribution is 0.0995. The molecule has 112 valence electrons. The van der Waals surface area contributed by atoms with Gasteiger partial charge in [-0.25, -0.2) is 22.4 Å². The number of hydrogen-bond acceptors (Lipinski definition) is 5. The summed E-state index contributed by atoms with van der Waals surface area (Å²) in [6.07, 6.45) is 2.51. The quantitative estimate of drug-likeness (QED) is 0.777.